The van der Waals surface area contributed by atoms with Crippen molar-refractivity contribution in [3.8, 4) is 0 Å². The van der Waals surface area contributed by atoms with Gasteiger partial charge < -0.3 is 15.7 Å². The van der Waals surface area contributed by atoms with Crippen molar-refractivity contribution in [2.45, 2.75) is 38.6 Å². The van der Waals surface area contributed by atoms with Crippen molar-refractivity contribution >= 4 is 12.0 Å². The molecule has 1 rings (SSSR count). The van der Waals surface area contributed by atoms with Crippen LogP contribution in [0.2, 0.25) is 0 Å². The molecule has 1 aromatic carbocycles. The molecule has 5 heteroatoms. The van der Waals surface area contributed by atoms with Gasteiger partial charge in [-0.1, -0.05) is 36.8 Å². The van der Waals surface area contributed by atoms with Gasteiger partial charge in [0.25, 0.3) is 0 Å². The average molecular weight is 278 g/mol. The number of carbonyl (C=O) groups is 2. The molecule has 110 valence electrons. The summed E-state index contributed by atoms with van der Waals surface area (Å²) >= 11 is 0. The molecule has 3 N–H and O–H groups in total. The van der Waals surface area contributed by atoms with Crippen molar-refractivity contribution in [1.82, 2.24) is 10.6 Å². The molecular weight excluding hydrogens is 256 g/mol. The van der Waals surface area contributed by atoms with Crippen LogP contribution in [0.3, 0.4) is 0 Å². The maximum atomic E-state index is 11.7. The topological polar surface area (TPSA) is 78.4 Å². The average Bonchev–Trinajstić information content (AvgIpc) is 2.43. The zero-order chi connectivity index (χ0) is 14.8. The number of nitrogens with one attached hydrogen (secondary N) is 2. The maximum Gasteiger partial charge on any atom is 0.315 e. The van der Waals surface area contributed by atoms with Crippen LogP contribution in [-0.2, 0) is 4.79 Å². The summed E-state index contributed by atoms with van der Waals surface area (Å²) in [6.45, 7) is 2.49. The zero-order valence-electron chi connectivity index (χ0n) is 11.8. The summed E-state index contributed by atoms with van der Waals surface area (Å²) < 4.78 is 0. The molecule has 20 heavy (non-hydrogen) atoms. The second-order valence-corrected chi connectivity index (χ2v) is 4.74. The number of unbranched alkanes of at least 4 members (excludes halogenated alkanes) is 2. The predicted molar refractivity (Wildman–Crippen MR) is 77.5 cm³/mol. The van der Waals surface area contributed by atoms with Crippen LogP contribution in [0, 0.1) is 0 Å². The summed E-state index contributed by atoms with van der Waals surface area (Å²) in [7, 11) is 0. The Labute approximate surface area is 119 Å². The van der Waals surface area contributed by atoms with Gasteiger partial charge in [-0.05, 0) is 25.3 Å². The molecular formula is C15H22N2O3. The molecule has 0 saturated heterocycles. The first-order chi connectivity index (χ1) is 9.59. The highest BCUT2D eigenvalue weighted by Gasteiger charge is 2.07. The minimum absolute atomic E-state index is 0.0387. The number of aliphatic carboxylic acids is 1. The third-order valence-electron chi connectivity index (χ3n) is 3.00. The first-order valence-corrected chi connectivity index (χ1v) is 6.90. The van der Waals surface area contributed by atoms with E-state index < -0.39 is 5.97 Å². The number of amides is 2. The molecule has 0 aliphatic rings. The number of carboxylic acid groups (broad SMARTS) is 1. The first-order valence-electron chi connectivity index (χ1n) is 6.90. The van der Waals surface area contributed by atoms with E-state index in [0.29, 0.717) is 13.0 Å². The Morgan fingerprint density at radius 2 is 1.85 bits per heavy atom. The number of hydrogen-bond donors (Lipinski definition) is 3. The Morgan fingerprint density at radius 3 is 2.50 bits per heavy atom. The van der Waals surface area contributed by atoms with Gasteiger partial charge in [-0.3, -0.25) is 4.79 Å². The Kier molecular flexibility index (Phi) is 7.17. The zero-order valence-corrected chi connectivity index (χ0v) is 11.8. The third-order valence-corrected chi connectivity index (χ3v) is 3.00. The first kappa shape index (κ1) is 16.0. The quantitative estimate of drug-likeness (QED) is 0.640. The van der Waals surface area contributed by atoms with Gasteiger partial charge in [0.2, 0.25) is 0 Å². The summed E-state index contributed by atoms with van der Waals surface area (Å²) in [5.74, 6) is -0.771. The van der Waals surface area contributed by atoms with Crippen molar-refractivity contribution < 1.29 is 14.7 Å². The molecule has 1 unspecified atom stereocenters. The molecule has 1 atom stereocenters. The van der Waals surface area contributed by atoms with Crippen LogP contribution in [-0.4, -0.2) is 23.7 Å². The monoisotopic (exact) mass is 278 g/mol. The van der Waals surface area contributed by atoms with E-state index >= 15 is 0 Å². The van der Waals surface area contributed by atoms with Gasteiger partial charge in [0.05, 0.1) is 6.04 Å². The SMILES string of the molecule is CC(NC(=O)NCCCCCC(=O)O)c1ccccc1. The fourth-order valence-electron chi connectivity index (χ4n) is 1.85. The maximum absolute atomic E-state index is 11.7. The van der Waals surface area contributed by atoms with Crippen LogP contribution in [0.25, 0.3) is 0 Å². The molecule has 0 bridgehead atoms. The third kappa shape index (κ3) is 6.78. The molecule has 0 aromatic heterocycles. The molecule has 0 aliphatic heterocycles. The van der Waals surface area contributed by atoms with Crippen LogP contribution in [0.1, 0.15) is 44.2 Å². The molecule has 1 aromatic rings. The van der Waals surface area contributed by atoms with E-state index in [1.807, 2.05) is 37.3 Å². The molecule has 2 amide bonds. The number of carbonyl (C=O) groups excluding carboxylic acids is 1. The number of benzene rings is 1. The molecule has 0 radical (unpaired) electrons. The molecule has 0 heterocycles. The summed E-state index contributed by atoms with van der Waals surface area (Å²) in [6.07, 6.45) is 2.44. The number of carboxylic acids is 1. The van der Waals surface area contributed by atoms with E-state index in [1.165, 1.54) is 0 Å². The lowest BCUT2D eigenvalue weighted by Gasteiger charge is -2.14. The lowest BCUT2D eigenvalue weighted by Crippen LogP contribution is -2.37. The van der Waals surface area contributed by atoms with E-state index in [2.05, 4.69) is 10.6 Å². The van der Waals surface area contributed by atoms with Crippen molar-refractivity contribution in [1.29, 1.82) is 0 Å². The highest BCUT2D eigenvalue weighted by Crippen LogP contribution is 2.10. The highest BCUT2D eigenvalue weighted by atomic mass is 16.4. The van der Waals surface area contributed by atoms with Gasteiger partial charge in [0.1, 0.15) is 0 Å². The summed E-state index contributed by atoms with van der Waals surface area (Å²) in [5.41, 5.74) is 1.06. The predicted octanol–water partition coefficient (Wildman–Crippen LogP) is 2.69. The van der Waals surface area contributed by atoms with E-state index in [1.54, 1.807) is 0 Å². The standard InChI is InChI=1S/C15H22N2O3/c1-12(13-8-4-2-5-9-13)17-15(20)16-11-7-3-6-10-14(18)19/h2,4-5,8-9,12H,3,6-7,10-11H2,1H3,(H,18,19)(H2,16,17,20). The van der Waals surface area contributed by atoms with Crippen molar-refractivity contribution in [2.24, 2.45) is 0 Å². The molecule has 0 fully saturated rings. The van der Waals surface area contributed by atoms with Crippen LogP contribution >= 0.6 is 0 Å². The van der Waals surface area contributed by atoms with E-state index in [9.17, 15) is 9.59 Å². The van der Waals surface area contributed by atoms with Crippen LogP contribution < -0.4 is 10.6 Å². The van der Waals surface area contributed by atoms with Gasteiger partial charge >= 0.3 is 12.0 Å². The lowest BCUT2D eigenvalue weighted by atomic mass is 10.1. The second kappa shape index (κ2) is 8.96. The van der Waals surface area contributed by atoms with Crippen LogP contribution in [0.15, 0.2) is 30.3 Å². The second-order valence-electron chi connectivity index (χ2n) is 4.74. The van der Waals surface area contributed by atoms with Crippen molar-refractivity contribution in [3.05, 3.63) is 35.9 Å². The normalized spacial score (nSPS) is 11.7. The van der Waals surface area contributed by atoms with Gasteiger partial charge in [0.15, 0.2) is 0 Å². The van der Waals surface area contributed by atoms with Crippen LogP contribution in [0.4, 0.5) is 4.79 Å². The van der Waals surface area contributed by atoms with Crippen LogP contribution in [0.5, 0.6) is 0 Å². The fraction of sp³-hybridized carbons (Fsp3) is 0.467. The lowest BCUT2D eigenvalue weighted by molar-refractivity contribution is -0.137. The summed E-state index contributed by atoms with van der Waals surface area (Å²) in [4.78, 5) is 22.0. The Hall–Kier alpha value is -2.04. The van der Waals surface area contributed by atoms with E-state index in [4.69, 9.17) is 5.11 Å². The van der Waals surface area contributed by atoms with E-state index in [0.717, 1.165) is 18.4 Å². The smallest absolute Gasteiger partial charge is 0.315 e. The number of rotatable bonds is 8. The van der Waals surface area contributed by atoms with Gasteiger partial charge in [0, 0.05) is 13.0 Å². The Balaban J connectivity index is 2.13. The Bertz CT molecular complexity index is 420. The van der Waals surface area contributed by atoms with Gasteiger partial charge in [-0.25, -0.2) is 4.79 Å². The summed E-state index contributed by atoms with van der Waals surface area (Å²) in [5, 5.41) is 14.1. The number of urea groups is 1. The summed E-state index contributed by atoms with van der Waals surface area (Å²) in [6, 6.07) is 9.52. The van der Waals surface area contributed by atoms with Crippen molar-refractivity contribution in [3.63, 3.8) is 0 Å². The highest BCUT2D eigenvalue weighted by molar-refractivity contribution is 5.74. The Morgan fingerprint density at radius 1 is 1.15 bits per heavy atom. The van der Waals surface area contributed by atoms with Gasteiger partial charge in [-0.15, -0.1) is 0 Å². The molecule has 0 spiro atoms. The van der Waals surface area contributed by atoms with E-state index in [-0.39, 0.29) is 18.5 Å². The largest absolute Gasteiger partial charge is 0.481 e. The van der Waals surface area contributed by atoms with Crippen molar-refractivity contribution in [2.75, 3.05) is 6.54 Å². The molecule has 5 nitrogen and oxygen atoms in total. The minimum Gasteiger partial charge on any atom is -0.481 e. The minimum atomic E-state index is -0.771. The fourth-order valence-corrected chi connectivity index (χ4v) is 1.85. The number of hydrogen-bond acceptors (Lipinski definition) is 2. The molecule has 0 aliphatic carbocycles. The van der Waals surface area contributed by atoms with Gasteiger partial charge in [-0.2, -0.15) is 0 Å². The molecule has 0 saturated carbocycles.